The average molecular weight is 417 g/mol. The third kappa shape index (κ3) is 4.63. The molecule has 2 fully saturated rings. The van der Waals surface area contributed by atoms with Crippen LogP contribution in [0.3, 0.4) is 0 Å². The Labute approximate surface area is 182 Å². The van der Waals surface area contributed by atoms with E-state index in [9.17, 15) is 4.79 Å². The number of nitrogens with zero attached hydrogens (tertiary/aromatic N) is 2. The molecule has 2 heterocycles. The standard InChI is InChI=1S/C25H28N4O2/c30-25(21-15-27-22-7-4-14-26-24(21)22)28-20-12-10-19(11-13-20)23(18-5-2-1-3-6-18)29-31-16-17-8-9-17/h1-7,14-15,17,19-20,27H,8-13,16H2,(H,28,30)/b29-23-. The summed E-state index contributed by atoms with van der Waals surface area (Å²) in [6, 6.07) is 14.3. The van der Waals surface area contributed by atoms with Gasteiger partial charge in [0.25, 0.3) is 5.91 Å². The van der Waals surface area contributed by atoms with Crippen LogP contribution in [0.5, 0.6) is 0 Å². The van der Waals surface area contributed by atoms with Gasteiger partial charge in [-0.25, -0.2) is 0 Å². The van der Waals surface area contributed by atoms with Crippen molar-refractivity contribution in [3.8, 4) is 0 Å². The third-order valence-corrected chi connectivity index (χ3v) is 6.37. The number of hydrogen-bond donors (Lipinski definition) is 2. The average Bonchev–Trinajstić information content (AvgIpc) is 3.54. The molecular weight excluding hydrogens is 388 g/mol. The highest BCUT2D eigenvalue weighted by Gasteiger charge is 2.28. The highest BCUT2D eigenvalue weighted by Crippen LogP contribution is 2.31. The first-order valence-electron chi connectivity index (χ1n) is 11.3. The number of oxime groups is 1. The Hall–Kier alpha value is -3.15. The van der Waals surface area contributed by atoms with Gasteiger partial charge in [0, 0.05) is 24.4 Å². The number of hydrogen-bond acceptors (Lipinski definition) is 4. The molecule has 2 saturated carbocycles. The van der Waals surface area contributed by atoms with Gasteiger partial charge >= 0.3 is 0 Å². The van der Waals surface area contributed by atoms with E-state index < -0.39 is 0 Å². The van der Waals surface area contributed by atoms with E-state index in [-0.39, 0.29) is 11.9 Å². The van der Waals surface area contributed by atoms with Gasteiger partial charge in [0.2, 0.25) is 0 Å². The van der Waals surface area contributed by atoms with Gasteiger partial charge in [0.15, 0.2) is 0 Å². The van der Waals surface area contributed by atoms with Crippen LogP contribution in [0.2, 0.25) is 0 Å². The van der Waals surface area contributed by atoms with Crippen molar-refractivity contribution in [1.29, 1.82) is 0 Å². The molecule has 0 radical (unpaired) electrons. The van der Waals surface area contributed by atoms with Crippen LogP contribution >= 0.6 is 0 Å². The number of H-pyrrole nitrogens is 1. The van der Waals surface area contributed by atoms with Crippen molar-refractivity contribution in [2.75, 3.05) is 6.61 Å². The fraction of sp³-hybridized carbons (Fsp3) is 0.400. The van der Waals surface area contributed by atoms with Crippen LogP contribution in [0.1, 0.15) is 54.4 Å². The summed E-state index contributed by atoms with van der Waals surface area (Å²) < 4.78 is 0. The fourth-order valence-corrected chi connectivity index (χ4v) is 4.37. The van der Waals surface area contributed by atoms with Crippen molar-refractivity contribution < 1.29 is 9.63 Å². The van der Waals surface area contributed by atoms with Crippen molar-refractivity contribution in [3.63, 3.8) is 0 Å². The third-order valence-electron chi connectivity index (χ3n) is 6.37. The monoisotopic (exact) mass is 416 g/mol. The largest absolute Gasteiger partial charge is 0.395 e. The molecule has 2 aliphatic rings. The van der Waals surface area contributed by atoms with E-state index in [0.717, 1.165) is 54.6 Å². The summed E-state index contributed by atoms with van der Waals surface area (Å²) in [5.74, 6) is 0.980. The Morgan fingerprint density at radius 3 is 2.65 bits per heavy atom. The molecule has 6 nitrogen and oxygen atoms in total. The Kier molecular flexibility index (Phi) is 5.69. The van der Waals surface area contributed by atoms with Gasteiger partial charge in [-0.3, -0.25) is 9.78 Å². The van der Waals surface area contributed by atoms with Crippen LogP contribution < -0.4 is 5.32 Å². The summed E-state index contributed by atoms with van der Waals surface area (Å²) >= 11 is 0. The number of carbonyl (C=O) groups is 1. The van der Waals surface area contributed by atoms with E-state index in [1.807, 2.05) is 30.3 Å². The van der Waals surface area contributed by atoms with Crippen molar-refractivity contribution in [3.05, 3.63) is 66.0 Å². The summed E-state index contributed by atoms with van der Waals surface area (Å²) in [6.07, 6.45) is 9.81. The lowest BCUT2D eigenvalue weighted by atomic mass is 9.81. The summed E-state index contributed by atoms with van der Waals surface area (Å²) in [5.41, 5.74) is 4.39. The minimum atomic E-state index is -0.0573. The molecule has 6 heteroatoms. The number of fused-ring (bicyclic) bond motifs is 1. The number of aromatic nitrogens is 2. The molecule has 2 aliphatic carbocycles. The molecule has 0 unspecified atom stereocenters. The van der Waals surface area contributed by atoms with E-state index in [0.29, 0.717) is 17.4 Å². The highest BCUT2D eigenvalue weighted by molar-refractivity contribution is 6.05. The van der Waals surface area contributed by atoms with Gasteiger partial charge in [0.1, 0.15) is 12.1 Å². The van der Waals surface area contributed by atoms with Gasteiger partial charge in [-0.1, -0.05) is 35.5 Å². The Morgan fingerprint density at radius 2 is 1.87 bits per heavy atom. The molecule has 0 bridgehead atoms. The number of amides is 1. The normalized spacial score (nSPS) is 21.7. The lowest BCUT2D eigenvalue weighted by Gasteiger charge is -2.29. The lowest BCUT2D eigenvalue weighted by Crippen LogP contribution is -2.38. The zero-order chi connectivity index (χ0) is 21.0. The zero-order valence-corrected chi connectivity index (χ0v) is 17.6. The second-order valence-electron chi connectivity index (χ2n) is 8.71. The fourth-order valence-electron chi connectivity index (χ4n) is 4.37. The second kappa shape index (κ2) is 8.92. The van der Waals surface area contributed by atoms with Gasteiger partial charge in [-0.2, -0.15) is 0 Å². The summed E-state index contributed by atoms with van der Waals surface area (Å²) in [7, 11) is 0. The second-order valence-corrected chi connectivity index (χ2v) is 8.71. The molecule has 2 aromatic heterocycles. The molecule has 31 heavy (non-hydrogen) atoms. The van der Waals surface area contributed by atoms with Crippen LogP contribution in [0.25, 0.3) is 11.0 Å². The van der Waals surface area contributed by atoms with Gasteiger partial charge in [-0.05, 0) is 62.1 Å². The predicted octanol–water partition coefficient (Wildman–Crippen LogP) is 4.68. The van der Waals surface area contributed by atoms with Crippen LogP contribution in [0, 0.1) is 11.8 Å². The van der Waals surface area contributed by atoms with Crippen LogP contribution in [-0.2, 0) is 4.84 Å². The molecular formula is C25H28N4O2. The molecule has 2 N–H and O–H groups in total. The first-order valence-corrected chi connectivity index (χ1v) is 11.3. The van der Waals surface area contributed by atoms with Crippen LogP contribution in [-0.4, -0.2) is 34.2 Å². The van der Waals surface area contributed by atoms with Crippen molar-refractivity contribution in [1.82, 2.24) is 15.3 Å². The zero-order valence-electron chi connectivity index (χ0n) is 17.6. The molecule has 160 valence electrons. The van der Waals surface area contributed by atoms with E-state index in [1.54, 1.807) is 12.4 Å². The van der Waals surface area contributed by atoms with Crippen LogP contribution in [0.4, 0.5) is 0 Å². The van der Waals surface area contributed by atoms with Crippen molar-refractivity contribution >= 4 is 22.7 Å². The number of benzene rings is 1. The smallest absolute Gasteiger partial charge is 0.255 e. The van der Waals surface area contributed by atoms with Crippen molar-refractivity contribution in [2.45, 2.75) is 44.6 Å². The van der Waals surface area contributed by atoms with E-state index in [1.165, 1.54) is 12.8 Å². The molecule has 1 aromatic carbocycles. The number of aromatic amines is 1. The van der Waals surface area contributed by atoms with E-state index in [4.69, 9.17) is 4.84 Å². The molecule has 3 aromatic rings. The number of carbonyl (C=O) groups excluding carboxylic acids is 1. The number of rotatable bonds is 7. The van der Waals surface area contributed by atoms with Gasteiger partial charge in [-0.15, -0.1) is 0 Å². The molecule has 0 atom stereocenters. The minimum absolute atomic E-state index is 0.0573. The SMILES string of the molecule is O=C(NC1CCC(/C(=N\OCC2CC2)c2ccccc2)CC1)c1c[nH]c2cccnc12. The summed E-state index contributed by atoms with van der Waals surface area (Å²) in [6.45, 7) is 0.723. The van der Waals surface area contributed by atoms with E-state index in [2.05, 4.69) is 32.6 Å². The lowest BCUT2D eigenvalue weighted by molar-refractivity contribution is 0.0926. The molecule has 0 saturated heterocycles. The molecule has 0 aliphatic heterocycles. The van der Waals surface area contributed by atoms with Crippen LogP contribution in [0.15, 0.2) is 60.0 Å². The number of nitrogens with one attached hydrogen (secondary N) is 2. The van der Waals surface area contributed by atoms with E-state index >= 15 is 0 Å². The van der Waals surface area contributed by atoms with Gasteiger partial charge in [0.05, 0.1) is 16.8 Å². The highest BCUT2D eigenvalue weighted by atomic mass is 16.6. The molecule has 0 spiro atoms. The summed E-state index contributed by atoms with van der Waals surface area (Å²) in [4.78, 5) is 26.0. The van der Waals surface area contributed by atoms with Gasteiger partial charge < -0.3 is 15.1 Å². The van der Waals surface area contributed by atoms with Crippen molar-refractivity contribution in [2.24, 2.45) is 17.0 Å². The first kappa shape index (κ1) is 19.8. The maximum Gasteiger partial charge on any atom is 0.255 e. The maximum absolute atomic E-state index is 12.8. The Bertz CT molecular complexity index is 1060. The quantitative estimate of drug-likeness (QED) is 0.433. The Morgan fingerprint density at radius 1 is 1.06 bits per heavy atom. The summed E-state index contributed by atoms with van der Waals surface area (Å²) in [5, 5.41) is 7.78. The Balaban J connectivity index is 1.22. The minimum Gasteiger partial charge on any atom is -0.395 e. The maximum atomic E-state index is 12.8. The topological polar surface area (TPSA) is 79.4 Å². The molecule has 5 rings (SSSR count). The first-order chi connectivity index (χ1) is 15.3. The molecule has 1 amide bonds. The number of pyridine rings is 1. The predicted molar refractivity (Wildman–Crippen MR) is 121 cm³/mol.